The summed E-state index contributed by atoms with van der Waals surface area (Å²) < 4.78 is 1.71. The van der Waals surface area contributed by atoms with Crippen LogP contribution in [-0.4, -0.2) is 49.7 Å². The summed E-state index contributed by atoms with van der Waals surface area (Å²) in [6.07, 6.45) is 1.94. The quantitative estimate of drug-likeness (QED) is 0.855. The van der Waals surface area contributed by atoms with Crippen molar-refractivity contribution in [3.05, 3.63) is 29.2 Å². The molecule has 0 saturated carbocycles. The summed E-state index contributed by atoms with van der Waals surface area (Å²) in [5.41, 5.74) is 3.01. The van der Waals surface area contributed by atoms with E-state index in [2.05, 4.69) is 10.1 Å². The van der Waals surface area contributed by atoms with E-state index in [0.29, 0.717) is 25.1 Å². The Labute approximate surface area is 123 Å². The fourth-order valence-corrected chi connectivity index (χ4v) is 2.86. The van der Waals surface area contributed by atoms with E-state index in [4.69, 9.17) is 0 Å². The van der Waals surface area contributed by atoms with Gasteiger partial charge in [-0.3, -0.25) is 4.79 Å². The molecule has 112 valence electrons. The van der Waals surface area contributed by atoms with Gasteiger partial charge in [0.05, 0.1) is 23.1 Å². The Hall–Kier alpha value is -1.95. The number of nitrogens with zero attached hydrogens (tertiary/aromatic N) is 4. The zero-order valence-electron chi connectivity index (χ0n) is 12.6. The van der Waals surface area contributed by atoms with Crippen molar-refractivity contribution >= 4 is 11.6 Å². The number of piperidine rings is 1. The lowest BCUT2D eigenvalue weighted by atomic mass is 9.96. The van der Waals surface area contributed by atoms with E-state index in [1.165, 1.54) is 0 Å². The largest absolute Gasteiger partial charge is 0.393 e. The molecule has 6 nitrogen and oxygen atoms in total. The zero-order chi connectivity index (χ0) is 15.1. The Kier molecular flexibility index (Phi) is 3.41. The van der Waals surface area contributed by atoms with Crippen molar-refractivity contribution < 1.29 is 9.90 Å². The molecule has 1 fully saturated rings. The van der Waals surface area contributed by atoms with Gasteiger partial charge in [0.25, 0.3) is 5.91 Å². The van der Waals surface area contributed by atoms with Crippen LogP contribution >= 0.6 is 0 Å². The van der Waals surface area contributed by atoms with E-state index in [1.54, 1.807) is 15.6 Å². The third-order valence-corrected chi connectivity index (χ3v) is 4.22. The molecule has 1 amide bonds. The minimum absolute atomic E-state index is 0.0335. The lowest BCUT2D eigenvalue weighted by Gasteiger charge is -2.34. The first-order valence-electron chi connectivity index (χ1n) is 7.26. The van der Waals surface area contributed by atoms with Crippen molar-refractivity contribution in [2.24, 2.45) is 5.92 Å². The number of amides is 1. The van der Waals surface area contributed by atoms with E-state index in [9.17, 15) is 9.90 Å². The Bertz CT molecular complexity index is 694. The molecule has 0 spiro atoms. The lowest BCUT2D eigenvalue weighted by Crippen LogP contribution is -2.45. The molecule has 1 aliphatic rings. The molecule has 1 N–H and O–H groups in total. The second kappa shape index (κ2) is 5.11. The van der Waals surface area contributed by atoms with Gasteiger partial charge >= 0.3 is 0 Å². The van der Waals surface area contributed by atoms with Crippen molar-refractivity contribution in [2.75, 3.05) is 13.1 Å². The van der Waals surface area contributed by atoms with Gasteiger partial charge in [0.1, 0.15) is 0 Å². The van der Waals surface area contributed by atoms with E-state index >= 15 is 0 Å². The number of fused-ring (bicyclic) bond motifs is 1. The molecule has 3 heterocycles. The zero-order valence-corrected chi connectivity index (χ0v) is 12.6. The molecule has 2 atom stereocenters. The highest BCUT2D eigenvalue weighted by Crippen LogP contribution is 2.20. The van der Waals surface area contributed by atoms with Gasteiger partial charge in [-0.1, -0.05) is 6.92 Å². The van der Waals surface area contributed by atoms with Crippen LogP contribution in [0.1, 0.15) is 35.1 Å². The molecule has 6 heteroatoms. The van der Waals surface area contributed by atoms with Crippen molar-refractivity contribution in [3.8, 4) is 0 Å². The van der Waals surface area contributed by atoms with Gasteiger partial charge in [-0.15, -0.1) is 0 Å². The molecule has 2 unspecified atom stereocenters. The number of aromatic nitrogens is 3. The van der Waals surface area contributed by atoms with Crippen LogP contribution in [-0.2, 0) is 0 Å². The minimum atomic E-state index is -0.315. The summed E-state index contributed by atoms with van der Waals surface area (Å²) in [4.78, 5) is 18.8. The van der Waals surface area contributed by atoms with Gasteiger partial charge in [-0.25, -0.2) is 9.50 Å². The van der Waals surface area contributed by atoms with Crippen LogP contribution in [0, 0.1) is 19.8 Å². The van der Waals surface area contributed by atoms with Gasteiger partial charge in [0, 0.05) is 25.4 Å². The molecule has 0 bridgehead atoms. The van der Waals surface area contributed by atoms with Gasteiger partial charge in [0.2, 0.25) is 0 Å². The summed E-state index contributed by atoms with van der Waals surface area (Å²) in [7, 11) is 0. The molecule has 21 heavy (non-hydrogen) atoms. The second-order valence-corrected chi connectivity index (χ2v) is 5.90. The first-order valence-corrected chi connectivity index (χ1v) is 7.26. The summed E-state index contributed by atoms with van der Waals surface area (Å²) in [5.74, 6) is 0.0699. The molecule has 1 saturated heterocycles. The SMILES string of the molecule is Cc1cc2ncc(C(=O)N3CCC(O)C(C)C3)c(C)n2n1. The third kappa shape index (κ3) is 2.40. The Morgan fingerprint density at radius 2 is 2.19 bits per heavy atom. The average molecular weight is 288 g/mol. The average Bonchev–Trinajstić information content (AvgIpc) is 2.83. The normalized spacial score (nSPS) is 22.8. The molecule has 1 aliphatic heterocycles. The third-order valence-electron chi connectivity index (χ3n) is 4.22. The molecule has 0 radical (unpaired) electrons. The van der Waals surface area contributed by atoms with Crippen LogP contribution in [0.3, 0.4) is 0 Å². The number of hydrogen-bond donors (Lipinski definition) is 1. The van der Waals surface area contributed by atoms with Crippen LogP contribution in [0.15, 0.2) is 12.3 Å². The van der Waals surface area contributed by atoms with Crippen LogP contribution in [0.2, 0.25) is 0 Å². The molecule has 3 rings (SSSR count). The monoisotopic (exact) mass is 288 g/mol. The van der Waals surface area contributed by atoms with Crippen molar-refractivity contribution in [1.29, 1.82) is 0 Å². The van der Waals surface area contributed by atoms with E-state index < -0.39 is 0 Å². The maximum absolute atomic E-state index is 12.7. The number of aryl methyl sites for hydroxylation is 2. The van der Waals surface area contributed by atoms with Crippen LogP contribution in [0.4, 0.5) is 0 Å². The number of likely N-dealkylation sites (tertiary alicyclic amines) is 1. The Morgan fingerprint density at radius 3 is 2.90 bits per heavy atom. The van der Waals surface area contributed by atoms with Gasteiger partial charge in [-0.05, 0) is 26.2 Å². The smallest absolute Gasteiger partial charge is 0.257 e. The number of carbonyl (C=O) groups excluding carboxylic acids is 1. The molecular weight excluding hydrogens is 268 g/mol. The maximum Gasteiger partial charge on any atom is 0.257 e. The number of rotatable bonds is 1. The van der Waals surface area contributed by atoms with Crippen molar-refractivity contribution in [3.63, 3.8) is 0 Å². The Balaban J connectivity index is 1.93. The first kappa shape index (κ1) is 14.0. The predicted molar refractivity (Wildman–Crippen MR) is 78.2 cm³/mol. The first-order chi connectivity index (χ1) is 9.97. The standard InChI is InChI=1S/C15H20N4O2/c1-9-8-18(5-4-13(9)20)15(21)12-7-16-14-6-10(2)17-19(14)11(12)3/h6-7,9,13,20H,4-5,8H2,1-3H3. The van der Waals surface area contributed by atoms with Gasteiger partial charge in [-0.2, -0.15) is 5.10 Å². The van der Waals surface area contributed by atoms with E-state index in [-0.39, 0.29) is 17.9 Å². The molecular formula is C15H20N4O2. The Morgan fingerprint density at radius 1 is 1.43 bits per heavy atom. The highest BCUT2D eigenvalue weighted by molar-refractivity contribution is 5.95. The molecule has 0 aliphatic carbocycles. The number of carbonyl (C=O) groups is 1. The maximum atomic E-state index is 12.7. The topological polar surface area (TPSA) is 70.7 Å². The molecule has 2 aromatic rings. The highest BCUT2D eigenvalue weighted by atomic mass is 16.3. The van der Waals surface area contributed by atoms with Crippen LogP contribution in [0.25, 0.3) is 5.65 Å². The van der Waals surface area contributed by atoms with Crippen molar-refractivity contribution in [1.82, 2.24) is 19.5 Å². The molecule has 0 aromatic carbocycles. The highest BCUT2D eigenvalue weighted by Gasteiger charge is 2.29. The summed E-state index contributed by atoms with van der Waals surface area (Å²) in [6.45, 7) is 6.92. The van der Waals surface area contributed by atoms with E-state index in [0.717, 1.165) is 17.0 Å². The van der Waals surface area contributed by atoms with Gasteiger partial charge < -0.3 is 10.0 Å². The van der Waals surface area contributed by atoms with Crippen molar-refractivity contribution in [2.45, 2.75) is 33.3 Å². The number of hydrogen-bond acceptors (Lipinski definition) is 4. The summed E-state index contributed by atoms with van der Waals surface area (Å²) in [5, 5.41) is 14.2. The predicted octanol–water partition coefficient (Wildman–Crippen LogP) is 1.19. The van der Waals surface area contributed by atoms with Crippen LogP contribution < -0.4 is 0 Å². The second-order valence-electron chi connectivity index (χ2n) is 5.90. The van der Waals surface area contributed by atoms with E-state index in [1.807, 2.05) is 26.8 Å². The number of aliphatic hydroxyl groups is 1. The lowest BCUT2D eigenvalue weighted by molar-refractivity contribution is 0.0296. The fraction of sp³-hybridized carbons (Fsp3) is 0.533. The van der Waals surface area contributed by atoms with Crippen LogP contribution in [0.5, 0.6) is 0 Å². The van der Waals surface area contributed by atoms with Gasteiger partial charge in [0.15, 0.2) is 5.65 Å². The summed E-state index contributed by atoms with van der Waals surface area (Å²) in [6, 6.07) is 1.89. The fourth-order valence-electron chi connectivity index (χ4n) is 2.86. The minimum Gasteiger partial charge on any atom is -0.393 e. The molecule has 2 aromatic heterocycles. The summed E-state index contributed by atoms with van der Waals surface area (Å²) >= 11 is 0. The number of aliphatic hydroxyl groups excluding tert-OH is 1.